The van der Waals surface area contributed by atoms with E-state index in [1.807, 2.05) is 27.7 Å². The van der Waals surface area contributed by atoms with Crippen LogP contribution in [-0.2, 0) is 26.7 Å². The van der Waals surface area contributed by atoms with Gasteiger partial charge in [0.25, 0.3) is 0 Å². The second kappa shape index (κ2) is 7.93. The average Bonchev–Trinajstić information content (AvgIpc) is 3.14. The quantitative estimate of drug-likeness (QED) is 0.648. The summed E-state index contributed by atoms with van der Waals surface area (Å²) in [6.45, 7) is 7.67. The molecular formula is C22H27FO4S2. The first-order valence-corrected chi connectivity index (χ1v) is 12.3. The Balaban J connectivity index is 1.85. The molecule has 1 aliphatic carbocycles. The molecule has 0 atom stereocenters. The van der Waals surface area contributed by atoms with Crippen LogP contribution in [0.2, 0.25) is 0 Å². The minimum atomic E-state index is -3.80. The number of thiophene rings is 1. The highest BCUT2D eigenvalue weighted by Gasteiger charge is 2.43. The predicted molar refractivity (Wildman–Crippen MR) is 113 cm³/mol. The number of carbonyl (C=O) groups is 1. The van der Waals surface area contributed by atoms with Crippen molar-refractivity contribution in [2.75, 3.05) is 5.75 Å². The number of benzene rings is 1. The number of sulfone groups is 1. The Morgan fingerprint density at radius 2 is 1.86 bits per heavy atom. The Kier molecular flexibility index (Phi) is 6.05. The van der Waals surface area contributed by atoms with Gasteiger partial charge in [0.05, 0.1) is 5.60 Å². The lowest BCUT2D eigenvalue weighted by molar-refractivity contribution is -0.116. The number of carbonyl (C=O) groups excluding carboxylic acids is 1. The van der Waals surface area contributed by atoms with E-state index in [2.05, 4.69) is 0 Å². The molecule has 0 spiro atoms. The molecule has 1 aliphatic rings. The Labute approximate surface area is 175 Å². The molecule has 1 aromatic carbocycles. The zero-order valence-corrected chi connectivity index (χ0v) is 18.8. The van der Waals surface area contributed by atoms with E-state index in [0.29, 0.717) is 29.5 Å². The van der Waals surface area contributed by atoms with Gasteiger partial charge in [-0.3, -0.25) is 4.79 Å². The van der Waals surface area contributed by atoms with E-state index in [-0.39, 0.29) is 28.3 Å². The van der Waals surface area contributed by atoms with Crippen LogP contribution in [-0.4, -0.2) is 25.1 Å². The molecule has 158 valence electrons. The molecule has 0 radical (unpaired) electrons. The first-order chi connectivity index (χ1) is 13.4. The average molecular weight is 439 g/mol. The third-order valence-electron chi connectivity index (χ3n) is 5.41. The van der Waals surface area contributed by atoms with Gasteiger partial charge in [0.1, 0.15) is 15.8 Å². The summed E-state index contributed by atoms with van der Waals surface area (Å²) in [6, 6.07) is 4.58. The Hall–Kier alpha value is -1.57. The number of halogens is 1. The third-order valence-corrected chi connectivity index (χ3v) is 8.61. The highest BCUT2D eigenvalue weighted by Crippen LogP contribution is 2.47. The molecule has 4 nitrogen and oxygen atoms in total. The summed E-state index contributed by atoms with van der Waals surface area (Å²) in [5, 5.41) is 11.8. The standard InChI is InChI=1S/C22H27FO4S2/c1-13(2)17-5-6-19(23)21(14(3)4)18(17)10-16(24)12-29(26,27)20-9-15(11-28-20)22(25)7-8-22/h5-6,9,11,13-14,25H,7-8,10,12H2,1-4H3. The maximum Gasteiger partial charge on any atom is 0.194 e. The minimum absolute atomic E-state index is 0.0895. The van der Waals surface area contributed by atoms with Gasteiger partial charge in [-0.1, -0.05) is 33.8 Å². The van der Waals surface area contributed by atoms with Crippen molar-refractivity contribution in [1.82, 2.24) is 0 Å². The van der Waals surface area contributed by atoms with Gasteiger partial charge >= 0.3 is 0 Å². The molecule has 1 heterocycles. The van der Waals surface area contributed by atoms with Crippen LogP contribution >= 0.6 is 11.3 Å². The van der Waals surface area contributed by atoms with Gasteiger partial charge in [-0.05, 0) is 64.4 Å². The SMILES string of the molecule is CC(C)c1ccc(F)c(C(C)C)c1CC(=O)CS(=O)(=O)c1cc(C2(O)CC2)cs1. The molecule has 1 aromatic heterocycles. The second-order valence-corrected chi connectivity index (χ2v) is 11.6. The van der Waals surface area contributed by atoms with Crippen LogP contribution in [0.3, 0.4) is 0 Å². The zero-order valence-electron chi connectivity index (χ0n) is 17.2. The third kappa shape index (κ3) is 4.62. The van der Waals surface area contributed by atoms with Crippen LogP contribution in [0, 0.1) is 5.82 Å². The highest BCUT2D eigenvalue weighted by molar-refractivity contribution is 7.94. The Morgan fingerprint density at radius 1 is 1.21 bits per heavy atom. The van der Waals surface area contributed by atoms with Gasteiger partial charge in [0.2, 0.25) is 0 Å². The van der Waals surface area contributed by atoms with Crippen molar-refractivity contribution in [3.8, 4) is 0 Å². The lowest BCUT2D eigenvalue weighted by Crippen LogP contribution is -2.20. The molecular weight excluding hydrogens is 411 g/mol. The summed E-state index contributed by atoms with van der Waals surface area (Å²) < 4.78 is 40.0. The largest absolute Gasteiger partial charge is 0.385 e. The number of hydrogen-bond acceptors (Lipinski definition) is 5. The first kappa shape index (κ1) is 22.1. The van der Waals surface area contributed by atoms with E-state index in [9.17, 15) is 22.7 Å². The molecule has 1 saturated carbocycles. The normalized spacial score (nSPS) is 15.9. The molecule has 0 aliphatic heterocycles. The van der Waals surface area contributed by atoms with Crippen molar-refractivity contribution in [2.45, 2.75) is 68.6 Å². The van der Waals surface area contributed by atoms with Crippen LogP contribution in [0.25, 0.3) is 0 Å². The van der Waals surface area contributed by atoms with E-state index < -0.39 is 27.0 Å². The van der Waals surface area contributed by atoms with Crippen LogP contribution in [0.4, 0.5) is 4.39 Å². The van der Waals surface area contributed by atoms with Crippen molar-refractivity contribution in [3.05, 3.63) is 51.7 Å². The summed E-state index contributed by atoms with van der Waals surface area (Å²) in [6.07, 6.45) is 1.13. The Bertz CT molecular complexity index is 1030. The molecule has 2 aromatic rings. The molecule has 0 amide bonds. The van der Waals surface area contributed by atoms with Gasteiger partial charge in [0, 0.05) is 6.42 Å². The van der Waals surface area contributed by atoms with Crippen molar-refractivity contribution in [1.29, 1.82) is 0 Å². The van der Waals surface area contributed by atoms with Gasteiger partial charge in [0.15, 0.2) is 15.6 Å². The minimum Gasteiger partial charge on any atom is -0.385 e. The van der Waals surface area contributed by atoms with Crippen LogP contribution < -0.4 is 0 Å². The molecule has 3 rings (SSSR count). The summed E-state index contributed by atoms with van der Waals surface area (Å²) in [4.78, 5) is 12.7. The smallest absolute Gasteiger partial charge is 0.194 e. The number of ketones is 1. The molecule has 0 unspecified atom stereocenters. The van der Waals surface area contributed by atoms with Gasteiger partial charge < -0.3 is 5.11 Å². The number of rotatable bonds is 8. The maximum absolute atomic E-state index is 14.5. The van der Waals surface area contributed by atoms with E-state index in [0.717, 1.165) is 16.9 Å². The number of Topliss-reactive ketones (excluding diaryl/α,β-unsaturated/α-hetero) is 1. The topological polar surface area (TPSA) is 71.4 Å². The van der Waals surface area contributed by atoms with Gasteiger partial charge in [-0.25, -0.2) is 12.8 Å². The fraction of sp³-hybridized carbons (Fsp3) is 0.500. The molecule has 29 heavy (non-hydrogen) atoms. The summed E-state index contributed by atoms with van der Waals surface area (Å²) in [5.74, 6) is -1.48. The number of aliphatic hydroxyl groups is 1. The van der Waals surface area contributed by atoms with E-state index in [4.69, 9.17) is 0 Å². The maximum atomic E-state index is 14.5. The van der Waals surface area contributed by atoms with Crippen LogP contribution in [0.15, 0.2) is 27.8 Å². The monoisotopic (exact) mass is 438 g/mol. The van der Waals surface area contributed by atoms with Crippen LogP contribution in [0.1, 0.15) is 74.6 Å². The van der Waals surface area contributed by atoms with E-state index in [1.165, 1.54) is 12.1 Å². The molecule has 1 fully saturated rings. The molecule has 0 saturated heterocycles. The fourth-order valence-electron chi connectivity index (χ4n) is 3.68. The van der Waals surface area contributed by atoms with Crippen LogP contribution in [0.5, 0.6) is 0 Å². The second-order valence-electron chi connectivity index (χ2n) is 8.50. The summed E-state index contributed by atoms with van der Waals surface area (Å²) in [5.41, 5.74) is 1.65. The molecule has 0 bridgehead atoms. The molecule has 7 heteroatoms. The zero-order chi connectivity index (χ0) is 21.6. The van der Waals surface area contributed by atoms with E-state index >= 15 is 0 Å². The summed E-state index contributed by atoms with van der Waals surface area (Å²) >= 11 is 1.03. The Morgan fingerprint density at radius 3 is 2.41 bits per heavy atom. The molecule has 1 N–H and O–H groups in total. The van der Waals surface area contributed by atoms with Gasteiger partial charge in [-0.15, -0.1) is 11.3 Å². The van der Waals surface area contributed by atoms with E-state index in [1.54, 1.807) is 11.4 Å². The summed E-state index contributed by atoms with van der Waals surface area (Å²) in [7, 11) is -3.80. The van der Waals surface area contributed by atoms with Crippen molar-refractivity contribution in [3.63, 3.8) is 0 Å². The first-order valence-electron chi connectivity index (χ1n) is 9.81. The van der Waals surface area contributed by atoms with Crippen molar-refractivity contribution < 1.29 is 22.7 Å². The predicted octanol–water partition coefficient (Wildman–Crippen LogP) is 4.70. The van der Waals surface area contributed by atoms with Crippen molar-refractivity contribution in [2.24, 2.45) is 0 Å². The lowest BCUT2D eigenvalue weighted by atomic mass is 9.86. The van der Waals surface area contributed by atoms with Gasteiger partial charge in [-0.2, -0.15) is 0 Å². The lowest BCUT2D eigenvalue weighted by Gasteiger charge is -2.20. The van der Waals surface area contributed by atoms with Crippen molar-refractivity contribution >= 4 is 27.0 Å². The highest BCUT2D eigenvalue weighted by atomic mass is 32.2. The fourth-order valence-corrected chi connectivity index (χ4v) is 6.29. The number of hydrogen-bond donors (Lipinski definition) is 1.